The molecule has 0 heterocycles. The molecule has 13 heavy (non-hydrogen) atoms. The van der Waals surface area contributed by atoms with Crippen molar-refractivity contribution < 1.29 is 17.7 Å². The third kappa shape index (κ3) is 2.76. The van der Waals surface area contributed by atoms with Gasteiger partial charge in [-0.05, 0) is 24.1 Å². The number of aliphatic carboxylic acids is 1. The van der Waals surface area contributed by atoms with Crippen molar-refractivity contribution in [3.63, 3.8) is 0 Å². The molecule has 0 saturated carbocycles. The first kappa shape index (κ1) is 6.91. The first-order valence-corrected chi connectivity index (χ1v) is 3.63. The van der Waals surface area contributed by atoms with Crippen molar-refractivity contribution in [1.29, 1.82) is 0 Å². The second kappa shape index (κ2) is 3.91. The number of hydrogen-bond donors (Lipinski definition) is 3. The maximum atomic E-state index is 10.6. The number of benzene rings is 1. The molecule has 1 atom stereocenters. The topological polar surface area (TPSA) is 83.5 Å². The molecule has 1 unspecified atom stereocenters. The zero-order chi connectivity index (χ0) is 11.6. The summed E-state index contributed by atoms with van der Waals surface area (Å²) in [6.45, 7) is 0. The Kier molecular flexibility index (Phi) is 2.08. The normalized spacial score (nSPS) is 15.8. The number of rotatable bonds is 3. The van der Waals surface area contributed by atoms with Crippen molar-refractivity contribution in [2.24, 2.45) is 5.73 Å². The summed E-state index contributed by atoms with van der Waals surface area (Å²) in [5.74, 6) is -1.42. The van der Waals surface area contributed by atoms with Crippen molar-refractivity contribution >= 4 is 5.97 Å². The van der Waals surface area contributed by atoms with Gasteiger partial charge in [0.1, 0.15) is 11.8 Å². The highest BCUT2D eigenvalue weighted by Crippen LogP contribution is 2.10. The van der Waals surface area contributed by atoms with E-state index in [0.29, 0.717) is 0 Å². The Hall–Kier alpha value is -1.55. The van der Waals surface area contributed by atoms with Crippen LogP contribution in [-0.4, -0.2) is 22.2 Å². The number of carboxylic acid groups (broad SMARTS) is 1. The van der Waals surface area contributed by atoms with Crippen LogP contribution in [0.3, 0.4) is 0 Å². The number of nitrogens with two attached hydrogens (primary N) is 1. The van der Waals surface area contributed by atoms with Crippen LogP contribution in [0.4, 0.5) is 0 Å². The minimum absolute atomic E-state index is 0.0153. The molecule has 0 aliphatic heterocycles. The molecule has 4 N–H and O–H groups in total. The summed E-state index contributed by atoms with van der Waals surface area (Å²) in [5, 5.41) is 17.6. The Bertz CT molecular complexity index is 364. The van der Waals surface area contributed by atoms with Crippen molar-refractivity contribution in [2.75, 3.05) is 0 Å². The predicted octanol–water partition coefficient (Wildman–Crippen LogP) is 0.347. The zero-order valence-electron chi connectivity index (χ0n) is 8.77. The fourth-order valence-electron chi connectivity index (χ4n) is 0.799. The van der Waals surface area contributed by atoms with Gasteiger partial charge in [0.25, 0.3) is 0 Å². The summed E-state index contributed by atoms with van der Waals surface area (Å²) in [6, 6.07) is 3.53. The molecule has 0 aliphatic carbocycles. The number of phenols is 1. The monoisotopic (exact) mass is 183 g/mol. The summed E-state index contributed by atoms with van der Waals surface area (Å²) in [5.41, 5.74) is 5.35. The molecule has 4 heteroatoms. The Morgan fingerprint density at radius 2 is 2.08 bits per heavy atom. The van der Waals surface area contributed by atoms with E-state index in [-0.39, 0.29) is 11.3 Å². The molecule has 1 aromatic rings. The van der Waals surface area contributed by atoms with Gasteiger partial charge in [-0.25, -0.2) is 0 Å². The number of aromatic hydroxyl groups is 1. The molecule has 0 aliphatic rings. The second-order valence-corrected chi connectivity index (χ2v) is 2.51. The fraction of sp³-hybridized carbons (Fsp3) is 0.222. The van der Waals surface area contributed by atoms with Crippen molar-refractivity contribution in [2.45, 2.75) is 12.4 Å². The molecular formula is C9H11NO3. The molecule has 0 aromatic heterocycles. The van der Waals surface area contributed by atoms with Crippen molar-refractivity contribution in [3.8, 4) is 5.75 Å². The smallest absolute Gasteiger partial charge is 0.320 e. The SMILES string of the molecule is [2H]C([2H])(c1ccc(O)cc1)C(N)C(=O)O. The van der Waals surface area contributed by atoms with E-state index in [1.807, 2.05) is 0 Å². The van der Waals surface area contributed by atoms with Gasteiger partial charge in [-0.1, -0.05) is 12.1 Å². The highest BCUT2D eigenvalue weighted by atomic mass is 16.4. The fourth-order valence-corrected chi connectivity index (χ4v) is 0.799. The molecule has 0 spiro atoms. The van der Waals surface area contributed by atoms with E-state index in [9.17, 15) is 4.79 Å². The van der Waals surface area contributed by atoms with E-state index >= 15 is 0 Å². The van der Waals surface area contributed by atoms with Gasteiger partial charge >= 0.3 is 5.97 Å². The van der Waals surface area contributed by atoms with Crippen LogP contribution >= 0.6 is 0 Å². The molecule has 4 nitrogen and oxygen atoms in total. The molecule has 1 rings (SSSR count). The van der Waals surface area contributed by atoms with E-state index in [4.69, 9.17) is 18.7 Å². The van der Waals surface area contributed by atoms with Crippen LogP contribution in [0.25, 0.3) is 0 Å². The first-order valence-electron chi connectivity index (χ1n) is 4.63. The Morgan fingerprint density at radius 3 is 2.54 bits per heavy atom. The lowest BCUT2D eigenvalue weighted by Crippen LogP contribution is -2.32. The standard InChI is InChI=1S/C9H11NO3/c10-8(9(12)13)5-6-1-3-7(11)4-2-6/h1-4,8,11H,5,10H2,(H,12,13)/i5D2. The Morgan fingerprint density at radius 1 is 1.54 bits per heavy atom. The molecule has 0 bridgehead atoms. The highest BCUT2D eigenvalue weighted by Gasteiger charge is 2.11. The quantitative estimate of drug-likeness (QED) is 0.631. The van der Waals surface area contributed by atoms with E-state index in [1.54, 1.807) is 0 Å². The number of carboxylic acids is 1. The predicted molar refractivity (Wildman–Crippen MR) is 47.4 cm³/mol. The maximum absolute atomic E-state index is 10.6. The molecule has 1 aromatic carbocycles. The van der Waals surface area contributed by atoms with Crippen LogP contribution < -0.4 is 5.73 Å². The number of carbonyl (C=O) groups is 1. The van der Waals surface area contributed by atoms with Gasteiger partial charge in [0, 0.05) is 2.74 Å². The lowest BCUT2D eigenvalue weighted by molar-refractivity contribution is -0.138. The molecule has 0 radical (unpaired) electrons. The largest absolute Gasteiger partial charge is 0.508 e. The van der Waals surface area contributed by atoms with Crippen LogP contribution in [0.1, 0.15) is 8.30 Å². The van der Waals surface area contributed by atoms with Gasteiger partial charge in [0.15, 0.2) is 0 Å². The summed E-state index contributed by atoms with van der Waals surface area (Å²) < 4.78 is 15.1. The van der Waals surface area contributed by atoms with E-state index < -0.39 is 18.4 Å². The zero-order valence-corrected chi connectivity index (χ0v) is 6.77. The second-order valence-electron chi connectivity index (χ2n) is 2.51. The van der Waals surface area contributed by atoms with Gasteiger partial charge in [-0.2, -0.15) is 0 Å². The average Bonchev–Trinajstić information content (AvgIpc) is 2.17. The van der Waals surface area contributed by atoms with Crippen LogP contribution in [0.15, 0.2) is 24.3 Å². The first-order chi connectivity index (χ1) is 6.85. The number of phenolic OH excluding ortho intramolecular Hbond substituents is 1. The molecular weight excluding hydrogens is 170 g/mol. The van der Waals surface area contributed by atoms with Crippen LogP contribution in [0.5, 0.6) is 5.75 Å². The molecule has 0 amide bonds. The van der Waals surface area contributed by atoms with Crippen LogP contribution in [0, 0.1) is 0 Å². The Labute approximate surface area is 78.4 Å². The average molecular weight is 183 g/mol. The molecule has 0 fully saturated rings. The minimum Gasteiger partial charge on any atom is -0.508 e. The van der Waals surface area contributed by atoms with Gasteiger partial charge in [0.05, 0.1) is 0 Å². The molecule has 0 saturated heterocycles. The van der Waals surface area contributed by atoms with Gasteiger partial charge in [-0.15, -0.1) is 0 Å². The van der Waals surface area contributed by atoms with Crippen molar-refractivity contribution in [3.05, 3.63) is 29.8 Å². The van der Waals surface area contributed by atoms with E-state index in [2.05, 4.69) is 0 Å². The van der Waals surface area contributed by atoms with E-state index in [0.717, 1.165) is 0 Å². The lowest BCUT2D eigenvalue weighted by Gasteiger charge is -2.05. The third-order valence-electron chi connectivity index (χ3n) is 1.46. The number of hydrogen-bond acceptors (Lipinski definition) is 3. The lowest BCUT2D eigenvalue weighted by atomic mass is 10.1. The Balaban J connectivity index is 3.05. The summed E-state index contributed by atoms with van der Waals surface area (Å²) >= 11 is 0. The van der Waals surface area contributed by atoms with Crippen molar-refractivity contribution in [1.82, 2.24) is 0 Å². The minimum atomic E-state index is -2.17. The third-order valence-corrected chi connectivity index (χ3v) is 1.46. The summed E-state index contributed by atoms with van der Waals surface area (Å²) in [6.07, 6.45) is -2.17. The maximum Gasteiger partial charge on any atom is 0.320 e. The summed E-state index contributed by atoms with van der Waals surface area (Å²) in [4.78, 5) is 10.6. The summed E-state index contributed by atoms with van der Waals surface area (Å²) in [7, 11) is 0. The highest BCUT2D eigenvalue weighted by molar-refractivity contribution is 5.73. The van der Waals surface area contributed by atoms with E-state index in [1.165, 1.54) is 24.3 Å². The molecule has 70 valence electrons. The van der Waals surface area contributed by atoms with Gasteiger partial charge < -0.3 is 15.9 Å². The van der Waals surface area contributed by atoms with Crippen LogP contribution in [0.2, 0.25) is 0 Å². The van der Waals surface area contributed by atoms with Crippen LogP contribution in [-0.2, 0) is 11.2 Å². The van der Waals surface area contributed by atoms with Gasteiger partial charge in [0.2, 0.25) is 0 Å². The van der Waals surface area contributed by atoms with Gasteiger partial charge in [-0.3, -0.25) is 4.79 Å².